The number of carbonyl (C=O) groups is 1. The smallest absolute Gasteiger partial charge is 0.438 e. The van der Waals surface area contributed by atoms with Crippen molar-refractivity contribution < 1.29 is 14.3 Å². The molecule has 1 aliphatic carbocycles. The van der Waals surface area contributed by atoms with Gasteiger partial charge in [0.15, 0.2) is 0 Å². The number of hydrogen-bond donors (Lipinski definition) is 0. The Kier molecular flexibility index (Phi) is 3.19. The summed E-state index contributed by atoms with van der Waals surface area (Å²) in [5.74, 6) is 0.424. The SMILES string of the molecule is CC=C1CC(COC(=O)OC)C1(C)C. The fraction of sp³-hybridized carbons (Fsp3) is 0.727. The Hall–Kier alpha value is -0.990. The third kappa shape index (κ3) is 1.91. The van der Waals surface area contributed by atoms with Crippen LogP contribution in [0.1, 0.15) is 27.2 Å². The third-order valence-electron chi connectivity index (χ3n) is 3.23. The summed E-state index contributed by atoms with van der Waals surface area (Å²) in [4.78, 5) is 10.8. The van der Waals surface area contributed by atoms with E-state index in [1.54, 1.807) is 0 Å². The highest BCUT2D eigenvalue weighted by Gasteiger charge is 2.43. The lowest BCUT2D eigenvalue weighted by Gasteiger charge is -2.47. The van der Waals surface area contributed by atoms with Gasteiger partial charge in [-0.05, 0) is 18.8 Å². The van der Waals surface area contributed by atoms with Crippen LogP contribution in [-0.2, 0) is 9.47 Å². The van der Waals surface area contributed by atoms with E-state index in [1.165, 1.54) is 12.7 Å². The lowest BCUT2D eigenvalue weighted by molar-refractivity contribution is 0.0237. The molecule has 1 aliphatic rings. The third-order valence-corrected chi connectivity index (χ3v) is 3.23. The Bertz CT molecular complexity index is 253. The summed E-state index contributed by atoms with van der Waals surface area (Å²) >= 11 is 0. The van der Waals surface area contributed by atoms with Crippen molar-refractivity contribution in [2.24, 2.45) is 11.3 Å². The van der Waals surface area contributed by atoms with E-state index < -0.39 is 6.16 Å². The number of methoxy groups -OCH3 is 1. The first-order valence-corrected chi connectivity index (χ1v) is 4.88. The van der Waals surface area contributed by atoms with Gasteiger partial charge in [-0.3, -0.25) is 0 Å². The normalized spacial score (nSPS) is 26.9. The van der Waals surface area contributed by atoms with Crippen molar-refractivity contribution in [2.75, 3.05) is 13.7 Å². The summed E-state index contributed by atoms with van der Waals surface area (Å²) in [7, 11) is 1.33. The minimum atomic E-state index is -0.588. The summed E-state index contributed by atoms with van der Waals surface area (Å²) in [5, 5.41) is 0. The lowest BCUT2D eigenvalue weighted by Crippen LogP contribution is -2.40. The van der Waals surface area contributed by atoms with Gasteiger partial charge in [0.2, 0.25) is 0 Å². The van der Waals surface area contributed by atoms with Gasteiger partial charge in [-0.15, -0.1) is 0 Å². The number of carbonyl (C=O) groups excluding carboxylic acids is 1. The van der Waals surface area contributed by atoms with Crippen LogP contribution >= 0.6 is 0 Å². The number of rotatable bonds is 2. The van der Waals surface area contributed by atoms with Crippen molar-refractivity contribution in [1.29, 1.82) is 0 Å². The van der Waals surface area contributed by atoms with Crippen LogP contribution in [0.4, 0.5) is 4.79 Å². The second-order valence-corrected chi connectivity index (χ2v) is 4.20. The van der Waals surface area contributed by atoms with Crippen molar-refractivity contribution >= 4 is 6.16 Å². The summed E-state index contributed by atoms with van der Waals surface area (Å²) in [6.45, 7) is 6.86. The van der Waals surface area contributed by atoms with Crippen LogP contribution in [0, 0.1) is 11.3 Å². The number of allylic oxidation sites excluding steroid dienone is 2. The fourth-order valence-corrected chi connectivity index (χ4v) is 1.90. The Labute approximate surface area is 85.1 Å². The van der Waals surface area contributed by atoms with Gasteiger partial charge in [0.1, 0.15) is 0 Å². The fourth-order valence-electron chi connectivity index (χ4n) is 1.90. The van der Waals surface area contributed by atoms with Gasteiger partial charge in [-0.25, -0.2) is 4.79 Å². The molecule has 1 rings (SSSR count). The quantitative estimate of drug-likeness (QED) is 0.505. The molecule has 0 aromatic heterocycles. The molecule has 0 aromatic rings. The molecule has 0 aliphatic heterocycles. The number of ether oxygens (including phenoxy) is 2. The molecule has 0 spiro atoms. The van der Waals surface area contributed by atoms with Crippen LogP contribution in [-0.4, -0.2) is 19.9 Å². The molecule has 0 bridgehead atoms. The first-order valence-electron chi connectivity index (χ1n) is 4.88. The molecule has 0 heterocycles. The van der Waals surface area contributed by atoms with Crippen LogP contribution in [0.25, 0.3) is 0 Å². The summed E-state index contributed by atoms with van der Waals surface area (Å²) < 4.78 is 9.35. The zero-order valence-electron chi connectivity index (χ0n) is 9.29. The van der Waals surface area contributed by atoms with Gasteiger partial charge >= 0.3 is 6.16 Å². The van der Waals surface area contributed by atoms with E-state index in [9.17, 15) is 4.79 Å². The van der Waals surface area contributed by atoms with Gasteiger partial charge in [0.25, 0.3) is 0 Å². The second-order valence-electron chi connectivity index (χ2n) is 4.20. The summed E-state index contributed by atoms with van der Waals surface area (Å²) in [5.41, 5.74) is 1.61. The minimum absolute atomic E-state index is 0.169. The predicted molar refractivity (Wildman–Crippen MR) is 54.0 cm³/mol. The molecule has 0 radical (unpaired) electrons. The van der Waals surface area contributed by atoms with Crippen LogP contribution in [0.3, 0.4) is 0 Å². The molecule has 0 amide bonds. The molecule has 1 unspecified atom stereocenters. The first kappa shape index (κ1) is 11.1. The van der Waals surface area contributed by atoms with Gasteiger partial charge in [0.05, 0.1) is 13.7 Å². The monoisotopic (exact) mass is 198 g/mol. The van der Waals surface area contributed by atoms with Crippen LogP contribution < -0.4 is 0 Å². The second kappa shape index (κ2) is 4.03. The van der Waals surface area contributed by atoms with Crippen LogP contribution in [0.5, 0.6) is 0 Å². The van der Waals surface area contributed by atoms with Gasteiger partial charge in [0, 0.05) is 5.92 Å². The van der Waals surface area contributed by atoms with Gasteiger partial charge < -0.3 is 9.47 Å². The zero-order chi connectivity index (χ0) is 10.8. The van der Waals surface area contributed by atoms with Crippen molar-refractivity contribution in [3.05, 3.63) is 11.6 Å². The maximum absolute atomic E-state index is 10.8. The first-order chi connectivity index (χ1) is 6.52. The molecule has 0 saturated heterocycles. The molecular weight excluding hydrogens is 180 g/mol. The van der Waals surface area contributed by atoms with Crippen molar-refractivity contribution in [2.45, 2.75) is 27.2 Å². The lowest BCUT2D eigenvalue weighted by atomic mass is 9.59. The molecule has 0 aromatic carbocycles. The molecule has 1 saturated carbocycles. The largest absolute Gasteiger partial charge is 0.507 e. The molecule has 3 nitrogen and oxygen atoms in total. The average molecular weight is 198 g/mol. The highest BCUT2D eigenvalue weighted by molar-refractivity contribution is 5.59. The average Bonchev–Trinajstić information content (AvgIpc) is 2.16. The maximum Gasteiger partial charge on any atom is 0.507 e. The molecule has 1 fully saturated rings. The van der Waals surface area contributed by atoms with Gasteiger partial charge in [-0.1, -0.05) is 25.5 Å². The Morgan fingerprint density at radius 2 is 2.29 bits per heavy atom. The molecule has 3 heteroatoms. The molecule has 0 N–H and O–H groups in total. The minimum Gasteiger partial charge on any atom is -0.438 e. The Morgan fingerprint density at radius 1 is 1.64 bits per heavy atom. The summed E-state index contributed by atoms with van der Waals surface area (Å²) in [6, 6.07) is 0. The molecule has 14 heavy (non-hydrogen) atoms. The Morgan fingerprint density at radius 3 is 2.71 bits per heavy atom. The van der Waals surface area contributed by atoms with E-state index in [2.05, 4.69) is 31.6 Å². The molecular formula is C11H18O3. The Balaban J connectivity index is 2.40. The predicted octanol–water partition coefficient (Wildman–Crippen LogP) is 2.76. The molecule has 1 atom stereocenters. The van der Waals surface area contributed by atoms with Crippen molar-refractivity contribution in [3.8, 4) is 0 Å². The van der Waals surface area contributed by atoms with E-state index in [0.717, 1.165) is 6.42 Å². The topological polar surface area (TPSA) is 35.5 Å². The van der Waals surface area contributed by atoms with Crippen LogP contribution in [0.2, 0.25) is 0 Å². The highest BCUT2D eigenvalue weighted by atomic mass is 16.7. The molecule has 80 valence electrons. The van der Waals surface area contributed by atoms with Crippen molar-refractivity contribution in [1.82, 2.24) is 0 Å². The van der Waals surface area contributed by atoms with E-state index in [-0.39, 0.29) is 5.41 Å². The summed E-state index contributed by atoms with van der Waals surface area (Å²) in [6.07, 6.45) is 2.59. The standard InChI is InChI=1S/C11H18O3/c1-5-8-6-9(11(8,2)3)7-14-10(12)13-4/h5,9H,6-7H2,1-4H3. The van der Waals surface area contributed by atoms with Crippen molar-refractivity contribution in [3.63, 3.8) is 0 Å². The maximum atomic E-state index is 10.8. The zero-order valence-corrected chi connectivity index (χ0v) is 9.29. The van der Waals surface area contributed by atoms with E-state index >= 15 is 0 Å². The van der Waals surface area contributed by atoms with Crippen LogP contribution in [0.15, 0.2) is 11.6 Å². The number of hydrogen-bond acceptors (Lipinski definition) is 3. The van der Waals surface area contributed by atoms with E-state index in [1.807, 2.05) is 0 Å². The van der Waals surface area contributed by atoms with E-state index in [0.29, 0.717) is 12.5 Å². The van der Waals surface area contributed by atoms with Gasteiger partial charge in [-0.2, -0.15) is 0 Å². The highest BCUT2D eigenvalue weighted by Crippen LogP contribution is 2.50. The van der Waals surface area contributed by atoms with E-state index in [4.69, 9.17) is 4.74 Å².